The summed E-state index contributed by atoms with van der Waals surface area (Å²) in [5.41, 5.74) is 4.19. The van der Waals surface area contributed by atoms with E-state index in [9.17, 15) is 9.90 Å². The molecule has 1 atom stereocenters. The number of nitrogens with zero attached hydrogens (tertiary/aromatic N) is 3. The predicted octanol–water partition coefficient (Wildman–Crippen LogP) is 3.47. The first-order valence-electron chi connectivity index (χ1n) is 8.14. The van der Waals surface area contributed by atoms with Gasteiger partial charge in [0.25, 0.3) is 0 Å². The molecule has 1 saturated heterocycles. The maximum atomic E-state index is 13.0. The number of benzene rings is 2. The van der Waals surface area contributed by atoms with Crippen LogP contribution < -0.4 is 4.90 Å². The number of amidine groups is 1. The van der Waals surface area contributed by atoms with Crippen molar-refractivity contribution in [2.75, 3.05) is 11.4 Å². The second-order valence-electron chi connectivity index (χ2n) is 6.55. The lowest BCUT2D eigenvalue weighted by Crippen LogP contribution is -2.48. The fraction of sp³-hybridized carbons (Fsp3) is 0.211. The molecule has 3 heterocycles. The summed E-state index contributed by atoms with van der Waals surface area (Å²) in [6.07, 6.45) is 0.340. The standard InChI is InChI=1S/C19H15N3O2S/c1-11-2-4-14-13(8-11)17(23)19(24)6-7-22(18(19)21-14)12-3-5-16-15(9-12)20-10-25-16/h2-5,8-10,24H,6-7H2,1H3. The molecule has 0 aliphatic carbocycles. The van der Waals surface area contributed by atoms with E-state index in [4.69, 9.17) is 0 Å². The summed E-state index contributed by atoms with van der Waals surface area (Å²) >= 11 is 1.59. The first-order valence-corrected chi connectivity index (χ1v) is 9.02. The molecule has 5 nitrogen and oxygen atoms in total. The van der Waals surface area contributed by atoms with Gasteiger partial charge in [0.05, 0.1) is 21.4 Å². The normalized spacial score (nSPS) is 22.1. The van der Waals surface area contributed by atoms with Crippen LogP contribution in [-0.4, -0.2) is 33.9 Å². The number of hydrogen-bond acceptors (Lipinski definition) is 6. The van der Waals surface area contributed by atoms with Gasteiger partial charge in [0.2, 0.25) is 5.78 Å². The fourth-order valence-corrected chi connectivity index (χ4v) is 4.27. The van der Waals surface area contributed by atoms with E-state index in [0.717, 1.165) is 21.5 Å². The molecule has 2 aliphatic heterocycles. The van der Waals surface area contributed by atoms with E-state index in [1.165, 1.54) is 0 Å². The number of carbonyl (C=O) groups is 1. The monoisotopic (exact) mass is 349 g/mol. The van der Waals surface area contributed by atoms with Gasteiger partial charge in [-0.2, -0.15) is 0 Å². The molecule has 1 N–H and O–H groups in total. The van der Waals surface area contributed by atoms with Crippen molar-refractivity contribution in [3.8, 4) is 0 Å². The topological polar surface area (TPSA) is 65.8 Å². The van der Waals surface area contributed by atoms with E-state index < -0.39 is 5.60 Å². The average Bonchev–Trinajstić information content (AvgIpc) is 3.20. The molecule has 25 heavy (non-hydrogen) atoms. The maximum absolute atomic E-state index is 13.0. The van der Waals surface area contributed by atoms with Crippen molar-refractivity contribution < 1.29 is 9.90 Å². The molecule has 0 saturated carbocycles. The van der Waals surface area contributed by atoms with Crippen LogP contribution in [0.1, 0.15) is 22.3 Å². The summed E-state index contributed by atoms with van der Waals surface area (Å²) < 4.78 is 1.11. The summed E-state index contributed by atoms with van der Waals surface area (Å²) in [7, 11) is 0. The Bertz CT molecular complexity index is 1070. The van der Waals surface area contributed by atoms with E-state index in [1.807, 2.05) is 47.7 Å². The van der Waals surface area contributed by atoms with Gasteiger partial charge in [-0.25, -0.2) is 9.98 Å². The molecule has 3 aromatic rings. The van der Waals surface area contributed by atoms with Crippen LogP contribution in [-0.2, 0) is 0 Å². The zero-order valence-corrected chi connectivity index (χ0v) is 14.4. The van der Waals surface area contributed by atoms with E-state index >= 15 is 0 Å². The second kappa shape index (κ2) is 4.97. The molecule has 0 amide bonds. The van der Waals surface area contributed by atoms with Crippen molar-refractivity contribution >= 4 is 44.5 Å². The van der Waals surface area contributed by atoms with E-state index in [2.05, 4.69) is 9.98 Å². The fourth-order valence-electron chi connectivity index (χ4n) is 3.61. The van der Waals surface area contributed by atoms with Crippen LogP contribution in [0.5, 0.6) is 0 Å². The minimum absolute atomic E-state index is 0.256. The Morgan fingerprint density at radius 2 is 2.12 bits per heavy atom. The molecule has 1 aromatic heterocycles. The molecule has 0 radical (unpaired) electrons. The Hall–Kier alpha value is -2.57. The molecule has 2 aromatic carbocycles. The Kier molecular flexibility index (Phi) is 2.93. The van der Waals surface area contributed by atoms with Crippen LogP contribution in [0.15, 0.2) is 46.9 Å². The number of hydrogen-bond donors (Lipinski definition) is 1. The lowest BCUT2D eigenvalue weighted by molar-refractivity contribution is 0.0602. The Labute approximate surface area is 148 Å². The zero-order valence-electron chi connectivity index (χ0n) is 13.6. The van der Waals surface area contributed by atoms with E-state index in [1.54, 1.807) is 17.4 Å². The predicted molar refractivity (Wildman–Crippen MR) is 99.1 cm³/mol. The molecular weight excluding hydrogens is 334 g/mol. The number of anilines is 1. The van der Waals surface area contributed by atoms with Gasteiger partial charge in [-0.15, -0.1) is 11.3 Å². The molecule has 2 aliphatic rings. The smallest absolute Gasteiger partial charge is 0.204 e. The van der Waals surface area contributed by atoms with Gasteiger partial charge in [0, 0.05) is 24.2 Å². The summed E-state index contributed by atoms with van der Waals surface area (Å²) in [6.45, 7) is 2.48. The first kappa shape index (κ1) is 14.7. The third kappa shape index (κ3) is 2.01. The highest BCUT2D eigenvalue weighted by molar-refractivity contribution is 7.16. The van der Waals surface area contributed by atoms with Crippen LogP contribution in [0.2, 0.25) is 0 Å². The van der Waals surface area contributed by atoms with Crippen molar-refractivity contribution in [2.24, 2.45) is 4.99 Å². The van der Waals surface area contributed by atoms with Gasteiger partial charge in [-0.1, -0.05) is 11.6 Å². The molecule has 1 unspecified atom stereocenters. The minimum atomic E-state index is -1.54. The number of thiazole rings is 1. The third-order valence-corrected chi connectivity index (χ3v) is 5.76. The summed E-state index contributed by atoms with van der Waals surface area (Å²) in [5.74, 6) is 0.164. The number of carbonyl (C=O) groups excluding carboxylic acids is 1. The summed E-state index contributed by atoms with van der Waals surface area (Å²) in [5, 5.41) is 11.1. The van der Waals surface area contributed by atoms with Crippen LogP contribution in [0.25, 0.3) is 10.2 Å². The highest BCUT2D eigenvalue weighted by Crippen LogP contribution is 2.40. The number of aliphatic hydroxyl groups is 1. The SMILES string of the molecule is Cc1ccc2c(c1)C(=O)C1(O)CCN(c3ccc4scnc4c3)C1=N2. The minimum Gasteiger partial charge on any atom is -0.374 e. The average molecular weight is 349 g/mol. The van der Waals surface area contributed by atoms with Gasteiger partial charge in [-0.05, 0) is 37.3 Å². The third-order valence-electron chi connectivity index (χ3n) is 4.95. The van der Waals surface area contributed by atoms with Gasteiger partial charge in [0.15, 0.2) is 5.60 Å². The lowest BCUT2D eigenvalue weighted by Gasteiger charge is -2.29. The van der Waals surface area contributed by atoms with Crippen molar-refractivity contribution in [3.05, 3.63) is 53.0 Å². The number of Topliss-reactive ketones (excluding diaryl/α,β-unsaturated/α-hetero) is 1. The Morgan fingerprint density at radius 3 is 3.00 bits per heavy atom. The number of aliphatic imine (C=N–C) groups is 1. The van der Waals surface area contributed by atoms with Crippen molar-refractivity contribution in [1.82, 2.24) is 4.98 Å². The first-order chi connectivity index (χ1) is 12.1. The lowest BCUT2D eigenvalue weighted by atomic mass is 9.87. The van der Waals surface area contributed by atoms with E-state index in [-0.39, 0.29) is 5.78 Å². The molecule has 0 spiro atoms. The van der Waals surface area contributed by atoms with Crippen molar-refractivity contribution in [1.29, 1.82) is 0 Å². The van der Waals surface area contributed by atoms with Gasteiger partial charge in [-0.3, -0.25) is 4.79 Å². The Balaban J connectivity index is 1.67. The second-order valence-corrected chi connectivity index (χ2v) is 7.44. The molecular formula is C19H15N3O2S. The van der Waals surface area contributed by atoms with Crippen LogP contribution in [0.4, 0.5) is 11.4 Å². The molecule has 6 heteroatoms. The van der Waals surface area contributed by atoms with Gasteiger partial charge in [0.1, 0.15) is 5.84 Å². The number of fused-ring (bicyclic) bond motifs is 3. The molecule has 124 valence electrons. The molecule has 1 fully saturated rings. The summed E-state index contributed by atoms with van der Waals surface area (Å²) in [4.78, 5) is 23.9. The zero-order chi connectivity index (χ0) is 17.2. The van der Waals surface area contributed by atoms with E-state index in [0.29, 0.717) is 30.1 Å². The van der Waals surface area contributed by atoms with Gasteiger partial charge >= 0.3 is 0 Å². The van der Waals surface area contributed by atoms with Gasteiger partial charge < -0.3 is 10.0 Å². The molecule has 5 rings (SSSR count). The maximum Gasteiger partial charge on any atom is 0.204 e. The highest BCUT2D eigenvalue weighted by atomic mass is 32.1. The van der Waals surface area contributed by atoms with Crippen molar-refractivity contribution in [3.63, 3.8) is 0 Å². The highest BCUT2D eigenvalue weighted by Gasteiger charge is 2.52. The van der Waals surface area contributed by atoms with Crippen LogP contribution in [0, 0.1) is 6.92 Å². The quantitative estimate of drug-likeness (QED) is 0.730. The number of aryl methyl sites for hydroxylation is 1. The summed E-state index contributed by atoms with van der Waals surface area (Å²) in [6, 6.07) is 11.6. The number of ketones is 1. The number of aromatic nitrogens is 1. The van der Waals surface area contributed by atoms with Crippen LogP contribution >= 0.6 is 11.3 Å². The largest absolute Gasteiger partial charge is 0.374 e. The Morgan fingerprint density at radius 1 is 1.24 bits per heavy atom. The molecule has 0 bridgehead atoms. The van der Waals surface area contributed by atoms with Crippen molar-refractivity contribution in [2.45, 2.75) is 18.9 Å². The van der Waals surface area contributed by atoms with Crippen LogP contribution in [0.3, 0.4) is 0 Å². The number of rotatable bonds is 1.